The Morgan fingerprint density at radius 2 is 2.31 bits per heavy atom. The van der Waals surface area contributed by atoms with E-state index >= 15 is 0 Å². The van der Waals surface area contributed by atoms with Crippen LogP contribution in [0, 0.1) is 6.92 Å². The normalized spacial score (nSPS) is 15.1. The number of carbonyl (C=O) groups is 1. The Hall–Kier alpha value is -1.43. The number of rotatable bonds is 6. The minimum Gasteiger partial charge on any atom is -0.424 e. The first-order valence-electron chi connectivity index (χ1n) is 5.53. The van der Waals surface area contributed by atoms with Gasteiger partial charge in [-0.15, -0.1) is 10.2 Å². The van der Waals surface area contributed by atoms with Crippen LogP contribution < -0.4 is 10.6 Å². The van der Waals surface area contributed by atoms with Crippen molar-refractivity contribution in [3.8, 4) is 0 Å². The summed E-state index contributed by atoms with van der Waals surface area (Å²) in [4.78, 5) is 11.3. The van der Waals surface area contributed by atoms with Crippen molar-refractivity contribution in [2.24, 2.45) is 0 Å². The third-order valence-corrected chi connectivity index (χ3v) is 2.32. The van der Waals surface area contributed by atoms with Crippen LogP contribution >= 0.6 is 0 Å². The summed E-state index contributed by atoms with van der Waals surface area (Å²) >= 11 is 0. The number of aromatic nitrogens is 2. The lowest BCUT2D eigenvalue weighted by atomic mass is 10.4. The van der Waals surface area contributed by atoms with Gasteiger partial charge in [0, 0.05) is 25.9 Å². The summed E-state index contributed by atoms with van der Waals surface area (Å²) in [5, 5.41) is 13.6. The number of nitrogens with one attached hydrogen (secondary N) is 2. The van der Waals surface area contributed by atoms with E-state index in [2.05, 4.69) is 20.8 Å². The van der Waals surface area contributed by atoms with Crippen LogP contribution in [0.25, 0.3) is 0 Å². The van der Waals surface area contributed by atoms with Crippen molar-refractivity contribution in [2.75, 3.05) is 6.54 Å². The van der Waals surface area contributed by atoms with Crippen LogP contribution in [0.15, 0.2) is 4.42 Å². The average Bonchev–Trinajstić information content (AvgIpc) is 2.95. The fraction of sp³-hybridized carbons (Fsp3) is 0.700. The molecule has 1 amide bonds. The molecule has 0 aromatic carbocycles. The average molecular weight is 224 g/mol. The molecule has 2 rings (SSSR count). The van der Waals surface area contributed by atoms with Crippen LogP contribution in [0.5, 0.6) is 0 Å². The van der Waals surface area contributed by atoms with Crippen LogP contribution in [0.1, 0.15) is 31.0 Å². The summed E-state index contributed by atoms with van der Waals surface area (Å²) in [7, 11) is 0. The molecular formula is C10H16N4O2. The molecule has 0 aliphatic heterocycles. The van der Waals surface area contributed by atoms with Gasteiger partial charge in [-0.05, 0) is 12.8 Å². The Labute approximate surface area is 93.8 Å². The van der Waals surface area contributed by atoms with Gasteiger partial charge in [0.25, 0.3) is 0 Å². The Kier molecular flexibility index (Phi) is 3.51. The lowest BCUT2D eigenvalue weighted by molar-refractivity contribution is -0.121. The molecule has 0 spiro atoms. The summed E-state index contributed by atoms with van der Waals surface area (Å²) in [5.41, 5.74) is 0. The zero-order chi connectivity index (χ0) is 11.4. The molecule has 1 aromatic heterocycles. The molecule has 16 heavy (non-hydrogen) atoms. The first kappa shape index (κ1) is 11.1. The van der Waals surface area contributed by atoms with Gasteiger partial charge in [0.15, 0.2) is 0 Å². The SMILES string of the molecule is Cc1nnc(CNCCC(=O)NC2CC2)o1. The molecule has 1 saturated carbocycles. The van der Waals surface area contributed by atoms with E-state index in [1.165, 1.54) is 0 Å². The van der Waals surface area contributed by atoms with E-state index in [-0.39, 0.29) is 5.91 Å². The molecule has 0 unspecified atom stereocenters. The van der Waals surface area contributed by atoms with Gasteiger partial charge in [0.05, 0.1) is 6.54 Å². The van der Waals surface area contributed by atoms with E-state index in [0.29, 0.717) is 37.3 Å². The van der Waals surface area contributed by atoms with Crippen LogP contribution in [-0.2, 0) is 11.3 Å². The Morgan fingerprint density at radius 3 is 2.94 bits per heavy atom. The van der Waals surface area contributed by atoms with E-state index < -0.39 is 0 Å². The zero-order valence-corrected chi connectivity index (χ0v) is 9.32. The first-order chi connectivity index (χ1) is 7.74. The highest BCUT2D eigenvalue weighted by Crippen LogP contribution is 2.18. The van der Waals surface area contributed by atoms with Gasteiger partial charge >= 0.3 is 0 Å². The maximum absolute atomic E-state index is 11.3. The molecule has 0 radical (unpaired) electrons. The predicted octanol–water partition coefficient (Wildman–Crippen LogP) is 0.136. The monoisotopic (exact) mass is 224 g/mol. The van der Waals surface area contributed by atoms with Gasteiger partial charge in [-0.1, -0.05) is 0 Å². The molecule has 1 aliphatic rings. The number of carbonyl (C=O) groups excluding carboxylic acids is 1. The van der Waals surface area contributed by atoms with Crippen molar-refractivity contribution in [3.63, 3.8) is 0 Å². The fourth-order valence-electron chi connectivity index (χ4n) is 1.33. The summed E-state index contributed by atoms with van der Waals surface area (Å²) in [6.45, 7) is 2.89. The molecule has 0 saturated heterocycles. The maximum Gasteiger partial charge on any atom is 0.230 e. The van der Waals surface area contributed by atoms with Gasteiger partial charge < -0.3 is 15.1 Å². The molecule has 0 atom stereocenters. The molecule has 0 bridgehead atoms. The van der Waals surface area contributed by atoms with Crippen molar-refractivity contribution in [1.29, 1.82) is 0 Å². The number of nitrogens with zero attached hydrogens (tertiary/aromatic N) is 2. The van der Waals surface area contributed by atoms with Crippen LogP contribution in [0.3, 0.4) is 0 Å². The van der Waals surface area contributed by atoms with Crippen LogP contribution in [0.2, 0.25) is 0 Å². The second-order valence-corrected chi connectivity index (χ2v) is 3.98. The highest BCUT2D eigenvalue weighted by molar-refractivity contribution is 5.76. The summed E-state index contributed by atoms with van der Waals surface area (Å²) < 4.78 is 5.18. The zero-order valence-electron chi connectivity index (χ0n) is 9.32. The molecule has 1 fully saturated rings. The Morgan fingerprint density at radius 1 is 1.50 bits per heavy atom. The summed E-state index contributed by atoms with van der Waals surface area (Å²) in [6, 6.07) is 0.436. The molecule has 88 valence electrons. The van der Waals surface area contributed by atoms with Crippen LogP contribution in [-0.4, -0.2) is 28.7 Å². The van der Waals surface area contributed by atoms with Gasteiger partial charge in [0.2, 0.25) is 17.7 Å². The van der Waals surface area contributed by atoms with Crippen molar-refractivity contribution in [2.45, 2.75) is 38.8 Å². The molecule has 1 aliphatic carbocycles. The van der Waals surface area contributed by atoms with E-state index in [9.17, 15) is 4.79 Å². The van der Waals surface area contributed by atoms with E-state index in [1.54, 1.807) is 6.92 Å². The lowest BCUT2D eigenvalue weighted by Crippen LogP contribution is -2.29. The minimum absolute atomic E-state index is 0.108. The van der Waals surface area contributed by atoms with Gasteiger partial charge in [-0.25, -0.2) is 0 Å². The van der Waals surface area contributed by atoms with E-state index in [1.807, 2.05) is 0 Å². The van der Waals surface area contributed by atoms with Crippen LogP contribution in [0.4, 0.5) is 0 Å². The van der Waals surface area contributed by atoms with Crippen molar-refractivity contribution in [1.82, 2.24) is 20.8 Å². The smallest absolute Gasteiger partial charge is 0.230 e. The first-order valence-corrected chi connectivity index (χ1v) is 5.53. The van der Waals surface area contributed by atoms with E-state index in [0.717, 1.165) is 12.8 Å². The minimum atomic E-state index is 0.108. The second kappa shape index (κ2) is 5.07. The summed E-state index contributed by atoms with van der Waals surface area (Å²) in [5.74, 6) is 1.22. The van der Waals surface area contributed by atoms with Gasteiger partial charge in [-0.2, -0.15) is 0 Å². The highest BCUT2D eigenvalue weighted by atomic mass is 16.4. The number of hydrogen-bond acceptors (Lipinski definition) is 5. The molecule has 1 heterocycles. The number of hydrogen-bond donors (Lipinski definition) is 2. The number of amides is 1. The maximum atomic E-state index is 11.3. The van der Waals surface area contributed by atoms with Crippen molar-refractivity contribution in [3.05, 3.63) is 11.8 Å². The largest absolute Gasteiger partial charge is 0.424 e. The van der Waals surface area contributed by atoms with Crippen molar-refractivity contribution < 1.29 is 9.21 Å². The molecule has 2 N–H and O–H groups in total. The molecule has 1 aromatic rings. The van der Waals surface area contributed by atoms with Gasteiger partial charge in [0.1, 0.15) is 0 Å². The predicted molar refractivity (Wildman–Crippen MR) is 56.5 cm³/mol. The second-order valence-electron chi connectivity index (χ2n) is 3.98. The summed E-state index contributed by atoms with van der Waals surface area (Å²) in [6.07, 6.45) is 2.74. The quantitative estimate of drug-likeness (QED) is 0.672. The van der Waals surface area contributed by atoms with E-state index in [4.69, 9.17) is 4.42 Å². The lowest BCUT2D eigenvalue weighted by Gasteiger charge is -2.03. The topological polar surface area (TPSA) is 80.0 Å². The standard InChI is InChI=1S/C10H16N4O2/c1-7-13-14-10(16-7)6-11-5-4-9(15)12-8-2-3-8/h8,11H,2-6H2,1H3,(H,12,15). The van der Waals surface area contributed by atoms with Crippen molar-refractivity contribution >= 4 is 5.91 Å². The molecular weight excluding hydrogens is 208 g/mol. The Bertz CT molecular complexity index is 359. The fourth-order valence-corrected chi connectivity index (χ4v) is 1.33. The number of aryl methyl sites for hydroxylation is 1. The Balaban J connectivity index is 1.55. The molecule has 6 nitrogen and oxygen atoms in total. The highest BCUT2D eigenvalue weighted by Gasteiger charge is 2.22. The third kappa shape index (κ3) is 3.62. The third-order valence-electron chi connectivity index (χ3n) is 2.32. The molecule has 6 heteroatoms. The van der Waals surface area contributed by atoms with Gasteiger partial charge in [-0.3, -0.25) is 4.79 Å².